The molecule has 2 rings (SSSR count). The molecule has 0 spiro atoms. The number of rotatable bonds is 3. The molecule has 0 amide bonds. The smallest absolute Gasteiger partial charge is 0.461 e. The number of para-hydroxylation sites is 2. The van der Waals surface area contributed by atoms with Crippen LogP contribution < -0.4 is 4.74 Å². The molecular weight excluding hydrogens is 287 g/mol. The van der Waals surface area contributed by atoms with Gasteiger partial charge in [-0.3, -0.25) is 0 Å². The number of methoxy groups -OCH3 is 1. The summed E-state index contributed by atoms with van der Waals surface area (Å²) in [7, 11) is 1.24. The topological polar surface area (TPSA) is 52.8 Å². The molecule has 1 heterocycles. The van der Waals surface area contributed by atoms with Crippen LogP contribution >= 0.6 is 0 Å². The van der Waals surface area contributed by atoms with Crippen molar-refractivity contribution in [2.45, 2.75) is 12.1 Å². The van der Waals surface area contributed by atoms with E-state index in [1.807, 2.05) is 0 Å². The van der Waals surface area contributed by atoms with E-state index in [2.05, 4.69) is 15.5 Å². The van der Waals surface area contributed by atoms with Crippen LogP contribution in [0.3, 0.4) is 0 Å². The highest BCUT2D eigenvalue weighted by molar-refractivity contribution is 5.46. The fourth-order valence-corrected chi connectivity index (χ4v) is 1.48. The number of hydrogen-bond acceptors (Lipinski definition) is 4. The number of nitrogens with zero attached hydrogens (tertiary/aromatic N) is 4. The second-order valence-corrected chi connectivity index (χ2v) is 3.66. The number of alkyl halides is 5. The maximum atomic E-state index is 13.3. The first-order valence-corrected chi connectivity index (χ1v) is 5.16. The fraction of sp³-hybridized carbons (Fsp3) is 0.300. The maximum absolute atomic E-state index is 13.3. The minimum Gasteiger partial charge on any atom is -0.494 e. The average Bonchev–Trinajstić information content (AvgIpc) is 2.87. The predicted molar refractivity (Wildman–Crippen MR) is 55.7 cm³/mol. The Hall–Kier alpha value is -2.26. The summed E-state index contributed by atoms with van der Waals surface area (Å²) in [6.07, 6.45) is -5.80. The summed E-state index contributed by atoms with van der Waals surface area (Å²) in [4.78, 5) is 0. The zero-order chi connectivity index (χ0) is 15.0. The molecule has 0 atom stereocenters. The molecular formula is C10H7F5N4O. The molecule has 0 saturated carbocycles. The van der Waals surface area contributed by atoms with Crippen molar-refractivity contribution in [3.8, 4) is 11.4 Å². The third kappa shape index (κ3) is 2.17. The summed E-state index contributed by atoms with van der Waals surface area (Å²) in [5, 5.41) is 8.83. The van der Waals surface area contributed by atoms with E-state index >= 15 is 0 Å². The van der Waals surface area contributed by atoms with Crippen LogP contribution in [0.5, 0.6) is 5.75 Å². The number of tetrazole rings is 1. The Morgan fingerprint density at radius 3 is 2.35 bits per heavy atom. The van der Waals surface area contributed by atoms with Gasteiger partial charge in [-0.2, -0.15) is 26.6 Å². The molecule has 5 nitrogen and oxygen atoms in total. The van der Waals surface area contributed by atoms with Gasteiger partial charge in [0, 0.05) is 0 Å². The van der Waals surface area contributed by atoms with Gasteiger partial charge in [-0.1, -0.05) is 12.1 Å². The number of ether oxygens (including phenoxy) is 1. The van der Waals surface area contributed by atoms with Gasteiger partial charge in [-0.15, -0.1) is 5.10 Å². The molecule has 2 aromatic rings. The van der Waals surface area contributed by atoms with Gasteiger partial charge >= 0.3 is 12.1 Å². The second-order valence-electron chi connectivity index (χ2n) is 3.66. The third-order valence-electron chi connectivity index (χ3n) is 2.42. The fourth-order valence-electron chi connectivity index (χ4n) is 1.48. The van der Waals surface area contributed by atoms with Crippen molar-refractivity contribution in [1.29, 1.82) is 0 Å². The standard InChI is InChI=1S/C10H7F5N4O/c1-20-7-5-3-2-4-6(7)19-8(16-17-18-19)9(11,12)10(13,14)15/h2-5H,1H3. The summed E-state index contributed by atoms with van der Waals surface area (Å²) in [6.45, 7) is 0. The lowest BCUT2D eigenvalue weighted by Gasteiger charge is -2.18. The molecule has 1 aromatic heterocycles. The lowest BCUT2D eigenvalue weighted by atomic mass is 10.2. The van der Waals surface area contributed by atoms with Crippen LogP contribution in [-0.2, 0) is 5.92 Å². The highest BCUT2D eigenvalue weighted by Crippen LogP contribution is 2.43. The molecule has 1 aromatic carbocycles. The minimum atomic E-state index is -5.80. The van der Waals surface area contributed by atoms with Crippen LogP contribution in [0, 0.1) is 0 Å². The summed E-state index contributed by atoms with van der Waals surface area (Å²) in [6, 6.07) is 5.58. The third-order valence-corrected chi connectivity index (χ3v) is 2.42. The molecule has 20 heavy (non-hydrogen) atoms. The Kier molecular flexibility index (Phi) is 3.32. The molecule has 0 aliphatic rings. The molecule has 0 aliphatic carbocycles. The van der Waals surface area contributed by atoms with E-state index in [1.54, 1.807) is 0 Å². The average molecular weight is 294 g/mol. The SMILES string of the molecule is COc1ccccc1-n1nnnc1C(F)(F)C(F)(F)F. The van der Waals surface area contributed by atoms with Gasteiger partial charge < -0.3 is 4.74 Å². The van der Waals surface area contributed by atoms with E-state index in [0.29, 0.717) is 4.68 Å². The van der Waals surface area contributed by atoms with Crippen LogP contribution in [0.15, 0.2) is 24.3 Å². The summed E-state index contributed by atoms with van der Waals surface area (Å²) in [5.41, 5.74) is -0.126. The molecule has 10 heteroatoms. The van der Waals surface area contributed by atoms with Crippen molar-refractivity contribution in [2.75, 3.05) is 7.11 Å². The first-order chi connectivity index (χ1) is 9.29. The minimum absolute atomic E-state index is 0.0547. The van der Waals surface area contributed by atoms with Crippen LogP contribution in [0.25, 0.3) is 5.69 Å². The number of aromatic nitrogens is 4. The quantitative estimate of drug-likeness (QED) is 0.815. The molecule has 108 valence electrons. The monoisotopic (exact) mass is 294 g/mol. The van der Waals surface area contributed by atoms with Crippen molar-refractivity contribution >= 4 is 0 Å². The van der Waals surface area contributed by atoms with Gasteiger partial charge in [0.05, 0.1) is 7.11 Å². The number of benzene rings is 1. The largest absolute Gasteiger partial charge is 0.494 e. The van der Waals surface area contributed by atoms with Crippen LogP contribution in [-0.4, -0.2) is 33.5 Å². The summed E-state index contributed by atoms with van der Waals surface area (Å²) >= 11 is 0. The van der Waals surface area contributed by atoms with Crippen molar-refractivity contribution in [2.24, 2.45) is 0 Å². The molecule has 0 unspecified atom stereocenters. The van der Waals surface area contributed by atoms with Gasteiger partial charge in [-0.25, -0.2) is 0 Å². The number of halogens is 5. The zero-order valence-corrected chi connectivity index (χ0v) is 9.90. The normalized spacial score (nSPS) is 12.5. The van der Waals surface area contributed by atoms with E-state index < -0.39 is 17.9 Å². The highest BCUT2D eigenvalue weighted by atomic mass is 19.4. The molecule has 0 saturated heterocycles. The van der Waals surface area contributed by atoms with Crippen LogP contribution in [0.1, 0.15) is 5.82 Å². The molecule has 0 aliphatic heterocycles. The van der Waals surface area contributed by atoms with Crippen molar-refractivity contribution in [3.63, 3.8) is 0 Å². The van der Waals surface area contributed by atoms with E-state index in [0.717, 1.165) is 0 Å². The summed E-state index contributed by atoms with van der Waals surface area (Å²) in [5.74, 6) is -6.76. The van der Waals surface area contributed by atoms with E-state index in [9.17, 15) is 22.0 Å². The first-order valence-electron chi connectivity index (χ1n) is 5.16. The van der Waals surface area contributed by atoms with E-state index in [4.69, 9.17) is 4.74 Å². The van der Waals surface area contributed by atoms with E-state index in [1.165, 1.54) is 31.4 Å². The number of hydrogen-bond donors (Lipinski definition) is 0. The Morgan fingerprint density at radius 1 is 1.10 bits per heavy atom. The second kappa shape index (κ2) is 4.69. The van der Waals surface area contributed by atoms with Gasteiger partial charge in [0.1, 0.15) is 11.4 Å². The maximum Gasteiger partial charge on any atom is 0.461 e. The summed E-state index contributed by atoms with van der Waals surface area (Å²) < 4.78 is 69.0. The van der Waals surface area contributed by atoms with Gasteiger partial charge in [0.2, 0.25) is 5.82 Å². The van der Waals surface area contributed by atoms with Gasteiger partial charge in [-0.05, 0) is 22.6 Å². The molecule has 0 N–H and O–H groups in total. The lowest BCUT2D eigenvalue weighted by Crippen LogP contribution is -2.36. The lowest BCUT2D eigenvalue weighted by molar-refractivity contribution is -0.293. The Morgan fingerprint density at radius 2 is 1.75 bits per heavy atom. The van der Waals surface area contributed by atoms with E-state index in [-0.39, 0.29) is 11.4 Å². The molecule has 0 bridgehead atoms. The van der Waals surface area contributed by atoms with Crippen LogP contribution in [0.2, 0.25) is 0 Å². The Balaban J connectivity index is 2.60. The Bertz CT molecular complexity index is 610. The Labute approximate surface area is 109 Å². The van der Waals surface area contributed by atoms with Gasteiger partial charge in [0.25, 0.3) is 0 Å². The van der Waals surface area contributed by atoms with Crippen molar-refractivity contribution in [3.05, 3.63) is 30.1 Å². The van der Waals surface area contributed by atoms with Crippen molar-refractivity contribution < 1.29 is 26.7 Å². The first kappa shape index (κ1) is 14.2. The molecule has 0 radical (unpaired) electrons. The van der Waals surface area contributed by atoms with Gasteiger partial charge in [0.15, 0.2) is 0 Å². The highest BCUT2D eigenvalue weighted by Gasteiger charge is 2.62. The zero-order valence-electron chi connectivity index (χ0n) is 9.90. The molecule has 0 fully saturated rings. The van der Waals surface area contributed by atoms with Crippen molar-refractivity contribution in [1.82, 2.24) is 20.2 Å². The van der Waals surface area contributed by atoms with Crippen LogP contribution in [0.4, 0.5) is 22.0 Å². The predicted octanol–water partition coefficient (Wildman–Crippen LogP) is 2.33.